The van der Waals surface area contributed by atoms with Gasteiger partial charge in [-0.2, -0.15) is 4.98 Å². The fraction of sp³-hybridized carbons (Fsp3) is 0.526. The normalized spacial score (nSPS) is 20.3. The third-order valence-electron chi connectivity index (χ3n) is 4.56. The Morgan fingerprint density at radius 1 is 1.33 bits per heavy atom. The van der Waals surface area contributed by atoms with Gasteiger partial charge in [-0.3, -0.25) is 4.90 Å². The average molecular weight is 484 g/mol. The second-order valence-corrected chi connectivity index (χ2v) is 6.77. The smallest absolute Gasteiger partial charge is 0.248 e. The molecule has 2 unspecified atom stereocenters. The van der Waals surface area contributed by atoms with E-state index in [1.165, 1.54) is 5.56 Å². The number of aliphatic imine (C=N–C) groups is 1. The van der Waals surface area contributed by atoms with Gasteiger partial charge < -0.3 is 15.2 Å². The molecule has 0 saturated carbocycles. The summed E-state index contributed by atoms with van der Waals surface area (Å²) in [6, 6.07) is 11.5. The maximum absolute atomic E-state index is 5.13. The van der Waals surface area contributed by atoms with Gasteiger partial charge in [-0.25, -0.2) is 4.99 Å². The van der Waals surface area contributed by atoms with Crippen LogP contribution >= 0.6 is 24.0 Å². The van der Waals surface area contributed by atoms with Crippen LogP contribution in [0.1, 0.15) is 37.5 Å². The maximum atomic E-state index is 5.13. The van der Waals surface area contributed by atoms with Crippen molar-refractivity contribution in [2.45, 2.75) is 52.4 Å². The summed E-state index contributed by atoms with van der Waals surface area (Å²) in [6.45, 7) is 9.33. The van der Waals surface area contributed by atoms with Crippen molar-refractivity contribution < 1.29 is 4.52 Å². The number of nitrogens with one attached hydrogen (secondary N) is 2. The van der Waals surface area contributed by atoms with Gasteiger partial charge in [0, 0.05) is 31.7 Å². The Morgan fingerprint density at radius 2 is 2.11 bits per heavy atom. The SMILES string of the molecule is CCNC(=NCc1nc(C)no1)NC1CC(C)N(Cc2ccccc2)C1.I. The summed E-state index contributed by atoms with van der Waals surface area (Å²) >= 11 is 0. The van der Waals surface area contributed by atoms with Crippen LogP contribution in [-0.4, -0.2) is 46.2 Å². The molecule has 7 nitrogen and oxygen atoms in total. The van der Waals surface area contributed by atoms with Gasteiger partial charge in [0.25, 0.3) is 0 Å². The van der Waals surface area contributed by atoms with E-state index in [0.29, 0.717) is 30.3 Å². The number of rotatable bonds is 6. The fourth-order valence-electron chi connectivity index (χ4n) is 3.31. The number of hydrogen-bond donors (Lipinski definition) is 2. The van der Waals surface area contributed by atoms with Crippen LogP contribution in [0, 0.1) is 6.92 Å². The lowest BCUT2D eigenvalue weighted by Gasteiger charge is -2.21. The van der Waals surface area contributed by atoms with Crippen molar-refractivity contribution >= 4 is 29.9 Å². The van der Waals surface area contributed by atoms with Crippen molar-refractivity contribution in [3.05, 3.63) is 47.6 Å². The summed E-state index contributed by atoms with van der Waals surface area (Å²) in [5.41, 5.74) is 1.35. The topological polar surface area (TPSA) is 78.6 Å². The Balaban J connectivity index is 0.00000261. The van der Waals surface area contributed by atoms with Gasteiger partial charge >= 0.3 is 0 Å². The van der Waals surface area contributed by atoms with Gasteiger partial charge in [0.15, 0.2) is 11.8 Å². The van der Waals surface area contributed by atoms with E-state index in [4.69, 9.17) is 4.52 Å². The van der Waals surface area contributed by atoms with Crippen molar-refractivity contribution in [1.29, 1.82) is 0 Å². The Morgan fingerprint density at radius 3 is 2.78 bits per heavy atom. The van der Waals surface area contributed by atoms with Crippen LogP contribution in [0.4, 0.5) is 0 Å². The first-order chi connectivity index (χ1) is 12.6. The van der Waals surface area contributed by atoms with Gasteiger partial charge in [0.2, 0.25) is 5.89 Å². The molecule has 3 rings (SSSR count). The second-order valence-electron chi connectivity index (χ2n) is 6.77. The molecule has 1 aromatic heterocycles. The molecule has 1 aliphatic heterocycles. The van der Waals surface area contributed by atoms with Crippen LogP contribution in [-0.2, 0) is 13.1 Å². The number of halogens is 1. The average Bonchev–Trinajstić information content (AvgIpc) is 3.19. The highest BCUT2D eigenvalue weighted by Crippen LogP contribution is 2.20. The number of aryl methyl sites for hydroxylation is 1. The van der Waals surface area contributed by atoms with E-state index in [1.54, 1.807) is 6.92 Å². The molecule has 0 amide bonds. The Kier molecular flexibility index (Phi) is 8.49. The monoisotopic (exact) mass is 484 g/mol. The zero-order valence-electron chi connectivity index (χ0n) is 16.2. The van der Waals surface area contributed by atoms with Gasteiger partial charge in [0.05, 0.1) is 0 Å². The first-order valence-corrected chi connectivity index (χ1v) is 9.26. The number of nitrogens with zero attached hydrogens (tertiary/aromatic N) is 4. The largest absolute Gasteiger partial charge is 0.357 e. The molecule has 0 spiro atoms. The van der Waals surface area contributed by atoms with Gasteiger partial charge in [-0.15, -0.1) is 24.0 Å². The number of guanidine groups is 1. The minimum Gasteiger partial charge on any atom is -0.357 e. The van der Waals surface area contributed by atoms with Crippen LogP contribution < -0.4 is 10.6 Å². The molecule has 2 N–H and O–H groups in total. The van der Waals surface area contributed by atoms with Crippen molar-refractivity contribution in [2.24, 2.45) is 4.99 Å². The first-order valence-electron chi connectivity index (χ1n) is 9.26. The van der Waals surface area contributed by atoms with Gasteiger partial charge in [-0.1, -0.05) is 35.5 Å². The standard InChI is InChI=1S/C19H28N6O.HI/c1-4-20-19(21-11-18-22-15(3)24-26-18)23-17-10-14(2)25(13-17)12-16-8-6-5-7-9-16;/h5-9,14,17H,4,10-13H2,1-3H3,(H2,20,21,23);1H. The molecular formula is C19H29IN6O. The van der Waals surface area contributed by atoms with E-state index in [2.05, 4.69) is 74.8 Å². The van der Waals surface area contributed by atoms with Crippen LogP contribution in [0.5, 0.6) is 0 Å². The molecule has 27 heavy (non-hydrogen) atoms. The summed E-state index contributed by atoms with van der Waals surface area (Å²) in [5.74, 6) is 1.96. The van der Waals surface area contributed by atoms with Crippen LogP contribution in [0.3, 0.4) is 0 Å². The molecule has 1 saturated heterocycles. The van der Waals surface area contributed by atoms with Crippen LogP contribution in [0.2, 0.25) is 0 Å². The molecule has 0 bridgehead atoms. The lowest BCUT2D eigenvalue weighted by Crippen LogP contribution is -2.44. The van der Waals surface area contributed by atoms with Crippen molar-refractivity contribution in [3.8, 4) is 0 Å². The Bertz CT molecular complexity index is 720. The molecule has 2 aromatic rings. The summed E-state index contributed by atoms with van der Waals surface area (Å²) in [4.78, 5) is 11.3. The molecule has 1 aliphatic rings. The number of aromatic nitrogens is 2. The molecule has 0 radical (unpaired) electrons. The Labute approximate surface area is 178 Å². The molecule has 8 heteroatoms. The third kappa shape index (κ3) is 6.46. The van der Waals surface area contributed by atoms with Crippen LogP contribution in [0.15, 0.2) is 39.8 Å². The van der Waals surface area contributed by atoms with E-state index >= 15 is 0 Å². The first kappa shape index (κ1) is 21.6. The molecule has 2 atom stereocenters. The van der Waals surface area contributed by atoms with E-state index in [9.17, 15) is 0 Å². The van der Waals surface area contributed by atoms with Gasteiger partial charge in [-0.05, 0) is 32.8 Å². The molecule has 2 heterocycles. The lowest BCUT2D eigenvalue weighted by atomic mass is 10.2. The van der Waals surface area contributed by atoms with E-state index < -0.39 is 0 Å². The third-order valence-corrected chi connectivity index (χ3v) is 4.56. The quantitative estimate of drug-likeness (QED) is 0.373. The Hall–Kier alpha value is -1.68. The second kappa shape index (κ2) is 10.6. The minimum absolute atomic E-state index is 0. The van der Waals surface area contributed by atoms with Crippen molar-refractivity contribution in [3.63, 3.8) is 0 Å². The zero-order valence-corrected chi connectivity index (χ0v) is 18.5. The number of benzene rings is 1. The number of likely N-dealkylation sites (tertiary alicyclic amines) is 1. The maximum Gasteiger partial charge on any atom is 0.248 e. The predicted octanol–water partition coefficient (Wildman–Crippen LogP) is 2.71. The van der Waals surface area contributed by atoms with E-state index in [1.807, 2.05) is 0 Å². The highest BCUT2D eigenvalue weighted by Gasteiger charge is 2.29. The summed E-state index contributed by atoms with van der Waals surface area (Å²) < 4.78 is 5.13. The highest BCUT2D eigenvalue weighted by atomic mass is 127. The fourth-order valence-corrected chi connectivity index (χ4v) is 3.31. The predicted molar refractivity (Wildman–Crippen MR) is 117 cm³/mol. The lowest BCUT2D eigenvalue weighted by molar-refractivity contribution is 0.258. The summed E-state index contributed by atoms with van der Waals surface area (Å²) in [6.07, 6.45) is 1.09. The van der Waals surface area contributed by atoms with Crippen molar-refractivity contribution in [2.75, 3.05) is 13.1 Å². The molecule has 1 fully saturated rings. The van der Waals surface area contributed by atoms with Gasteiger partial charge in [0.1, 0.15) is 6.54 Å². The molecule has 1 aromatic carbocycles. The number of hydrogen-bond acceptors (Lipinski definition) is 5. The van der Waals surface area contributed by atoms with Crippen molar-refractivity contribution in [1.82, 2.24) is 25.7 Å². The van der Waals surface area contributed by atoms with Crippen LogP contribution in [0.25, 0.3) is 0 Å². The molecular weight excluding hydrogens is 455 g/mol. The summed E-state index contributed by atoms with van der Waals surface area (Å²) in [7, 11) is 0. The molecule has 148 valence electrons. The van der Waals surface area contributed by atoms with E-state index in [0.717, 1.165) is 32.0 Å². The van der Waals surface area contributed by atoms with E-state index in [-0.39, 0.29) is 24.0 Å². The molecule has 0 aliphatic carbocycles. The highest BCUT2D eigenvalue weighted by molar-refractivity contribution is 14.0. The zero-order chi connectivity index (χ0) is 18.4. The minimum atomic E-state index is 0. The summed E-state index contributed by atoms with van der Waals surface area (Å²) in [5, 5.41) is 10.6.